The Bertz CT molecular complexity index is 362. The van der Waals surface area contributed by atoms with Crippen molar-refractivity contribution < 1.29 is 14.3 Å². The molecule has 1 heterocycles. The number of rotatable bonds is 5. The maximum Gasteiger partial charge on any atom is 0.350 e. The topological polar surface area (TPSA) is 48.4 Å². The van der Waals surface area contributed by atoms with Crippen molar-refractivity contribution >= 4 is 17.3 Å². The molecule has 1 atom stereocenters. The van der Waals surface area contributed by atoms with Gasteiger partial charge in [-0.25, -0.2) is 9.78 Å². The molecule has 0 aromatic carbocycles. The molecule has 0 spiro atoms. The second-order valence-electron chi connectivity index (χ2n) is 3.52. The SMILES string of the molecule is CCOC[C@H](C)OC(=O)c1sc(C)nc1C. The van der Waals surface area contributed by atoms with Gasteiger partial charge in [-0.2, -0.15) is 0 Å². The molecule has 0 aliphatic carbocycles. The van der Waals surface area contributed by atoms with Crippen LogP contribution in [0.4, 0.5) is 0 Å². The molecule has 4 nitrogen and oxygen atoms in total. The van der Waals surface area contributed by atoms with Crippen LogP contribution in [0.15, 0.2) is 0 Å². The molecule has 0 amide bonds. The zero-order chi connectivity index (χ0) is 12.1. The normalized spacial score (nSPS) is 12.5. The van der Waals surface area contributed by atoms with Gasteiger partial charge in [0.15, 0.2) is 0 Å². The summed E-state index contributed by atoms with van der Waals surface area (Å²) in [5.41, 5.74) is 0.733. The number of ether oxygens (including phenoxy) is 2. The molecule has 0 bridgehead atoms. The molecule has 1 rings (SSSR count). The lowest BCUT2D eigenvalue weighted by Gasteiger charge is -2.12. The first-order valence-corrected chi connectivity index (χ1v) is 6.09. The molecular weight excluding hydrogens is 226 g/mol. The number of aryl methyl sites for hydroxylation is 2. The molecule has 0 saturated heterocycles. The van der Waals surface area contributed by atoms with E-state index in [4.69, 9.17) is 9.47 Å². The third-order valence-electron chi connectivity index (χ3n) is 1.95. The van der Waals surface area contributed by atoms with E-state index in [-0.39, 0.29) is 12.1 Å². The third-order valence-corrected chi connectivity index (χ3v) is 3.01. The van der Waals surface area contributed by atoms with Crippen molar-refractivity contribution in [1.82, 2.24) is 4.98 Å². The van der Waals surface area contributed by atoms with E-state index < -0.39 is 0 Å². The Morgan fingerprint density at radius 1 is 1.50 bits per heavy atom. The van der Waals surface area contributed by atoms with Gasteiger partial charge in [-0.3, -0.25) is 0 Å². The van der Waals surface area contributed by atoms with Crippen LogP contribution < -0.4 is 0 Å². The van der Waals surface area contributed by atoms with Gasteiger partial charge in [-0.15, -0.1) is 11.3 Å². The summed E-state index contributed by atoms with van der Waals surface area (Å²) in [5.74, 6) is -0.310. The summed E-state index contributed by atoms with van der Waals surface area (Å²) >= 11 is 1.36. The van der Waals surface area contributed by atoms with E-state index in [0.717, 1.165) is 10.7 Å². The van der Waals surface area contributed by atoms with E-state index in [0.29, 0.717) is 18.1 Å². The van der Waals surface area contributed by atoms with E-state index in [1.54, 1.807) is 0 Å². The summed E-state index contributed by atoms with van der Waals surface area (Å²) in [6.45, 7) is 8.47. The summed E-state index contributed by atoms with van der Waals surface area (Å²) in [6.07, 6.45) is -0.228. The number of carbonyl (C=O) groups is 1. The Balaban J connectivity index is 2.55. The fourth-order valence-electron chi connectivity index (χ4n) is 1.27. The summed E-state index contributed by atoms with van der Waals surface area (Å²) < 4.78 is 10.4. The van der Waals surface area contributed by atoms with Crippen LogP contribution in [0, 0.1) is 13.8 Å². The summed E-state index contributed by atoms with van der Waals surface area (Å²) in [5, 5.41) is 0.877. The minimum atomic E-state index is -0.310. The third kappa shape index (κ3) is 3.57. The maximum absolute atomic E-state index is 11.7. The molecule has 0 saturated carbocycles. The van der Waals surface area contributed by atoms with Crippen molar-refractivity contribution in [2.45, 2.75) is 33.8 Å². The number of thiazole rings is 1. The van der Waals surface area contributed by atoms with Crippen molar-refractivity contribution in [3.8, 4) is 0 Å². The molecule has 5 heteroatoms. The lowest BCUT2D eigenvalue weighted by atomic mass is 10.4. The smallest absolute Gasteiger partial charge is 0.350 e. The number of esters is 1. The first-order valence-electron chi connectivity index (χ1n) is 5.27. The van der Waals surface area contributed by atoms with Gasteiger partial charge in [-0.05, 0) is 27.7 Å². The van der Waals surface area contributed by atoms with Gasteiger partial charge >= 0.3 is 5.97 Å². The largest absolute Gasteiger partial charge is 0.456 e. The molecule has 90 valence electrons. The van der Waals surface area contributed by atoms with Gasteiger partial charge in [-0.1, -0.05) is 0 Å². The van der Waals surface area contributed by atoms with E-state index in [2.05, 4.69) is 4.98 Å². The highest BCUT2D eigenvalue weighted by Gasteiger charge is 2.17. The molecular formula is C11H17NO3S. The fourth-order valence-corrected chi connectivity index (χ4v) is 2.08. The molecule has 0 unspecified atom stereocenters. The molecule has 0 aliphatic heterocycles. The van der Waals surface area contributed by atoms with Crippen LogP contribution in [-0.4, -0.2) is 30.3 Å². The molecule has 16 heavy (non-hydrogen) atoms. The quantitative estimate of drug-likeness (QED) is 0.745. The minimum absolute atomic E-state index is 0.228. The van der Waals surface area contributed by atoms with Crippen LogP contribution in [0.5, 0.6) is 0 Å². The molecule has 0 radical (unpaired) electrons. The second kappa shape index (κ2) is 5.96. The van der Waals surface area contributed by atoms with E-state index in [9.17, 15) is 4.79 Å². The highest BCUT2D eigenvalue weighted by molar-refractivity contribution is 7.13. The zero-order valence-electron chi connectivity index (χ0n) is 10.1. The number of aromatic nitrogens is 1. The average molecular weight is 243 g/mol. The van der Waals surface area contributed by atoms with Crippen LogP contribution in [-0.2, 0) is 9.47 Å². The zero-order valence-corrected chi connectivity index (χ0v) is 10.9. The maximum atomic E-state index is 11.7. The summed E-state index contributed by atoms with van der Waals surface area (Å²) in [6, 6.07) is 0. The molecule has 0 N–H and O–H groups in total. The Morgan fingerprint density at radius 2 is 2.19 bits per heavy atom. The van der Waals surface area contributed by atoms with Crippen molar-refractivity contribution in [2.75, 3.05) is 13.2 Å². The highest BCUT2D eigenvalue weighted by Crippen LogP contribution is 2.18. The summed E-state index contributed by atoms with van der Waals surface area (Å²) in [4.78, 5) is 16.5. The first kappa shape index (κ1) is 13.1. The van der Waals surface area contributed by atoms with Crippen molar-refractivity contribution in [1.29, 1.82) is 0 Å². The summed E-state index contributed by atoms with van der Waals surface area (Å²) in [7, 11) is 0. The Kier molecular flexibility index (Phi) is 4.89. The van der Waals surface area contributed by atoms with Gasteiger partial charge in [0.2, 0.25) is 0 Å². The lowest BCUT2D eigenvalue weighted by Crippen LogP contribution is -2.20. The van der Waals surface area contributed by atoms with Crippen LogP contribution in [0.25, 0.3) is 0 Å². The Labute approximate surface area is 99.6 Å². The predicted octanol–water partition coefficient (Wildman–Crippen LogP) is 2.34. The van der Waals surface area contributed by atoms with Gasteiger partial charge in [0, 0.05) is 6.61 Å². The second-order valence-corrected chi connectivity index (χ2v) is 4.73. The number of nitrogens with zero attached hydrogens (tertiary/aromatic N) is 1. The minimum Gasteiger partial charge on any atom is -0.456 e. The predicted molar refractivity (Wildman–Crippen MR) is 63.0 cm³/mol. The molecule has 1 aromatic rings. The monoisotopic (exact) mass is 243 g/mol. The number of hydrogen-bond donors (Lipinski definition) is 0. The molecule has 0 aliphatic rings. The van der Waals surface area contributed by atoms with Gasteiger partial charge in [0.1, 0.15) is 11.0 Å². The van der Waals surface area contributed by atoms with Crippen molar-refractivity contribution in [3.05, 3.63) is 15.6 Å². The number of carbonyl (C=O) groups excluding carboxylic acids is 1. The Morgan fingerprint density at radius 3 is 2.69 bits per heavy atom. The fraction of sp³-hybridized carbons (Fsp3) is 0.636. The molecule has 0 fully saturated rings. The van der Waals surface area contributed by atoms with Crippen molar-refractivity contribution in [2.24, 2.45) is 0 Å². The standard InChI is InChI=1S/C11H17NO3S/c1-5-14-6-7(2)15-11(13)10-8(3)12-9(4)16-10/h7H,5-6H2,1-4H3/t7-/m0/s1. The van der Waals surface area contributed by atoms with Crippen LogP contribution in [0.2, 0.25) is 0 Å². The van der Waals surface area contributed by atoms with E-state index in [1.165, 1.54) is 11.3 Å². The number of hydrogen-bond acceptors (Lipinski definition) is 5. The van der Waals surface area contributed by atoms with E-state index >= 15 is 0 Å². The van der Waals surface area contributed by atoms with Crippen LogP contribution >= 0.6 is 11.3 Å². The first-order chi connectivity index (χ1) is 7.54. The Hall–Kier alpha value is -0.940. The molecule has 1 aromatic heterocycles. The van der Waals surface area contributed by atoms with E-state index in [1.807, 2.05) is 27.7 Å². The van der Waals surface area contributed by atoms with Gasteiger partial charge in [0.25, 0.3) is 0 Å². The van der Waals surface area contributed by atoms with Crippen molar-refractivity contribution in [3.63, 3.8) is 0 Å². The highest BCUT2D eigenvalue weighted by atomic mass is 32.1. The average Bonchev–Trinajstić information content (AvgIpc) is 2.54. The van der Waals surface area contributed by atoms with Gasteiger partial charge in [0.05, 0.1) is 17.3 Å². The van der Waals surface area contributed by atoms with Gasteiger partial charge < -0.3 is 9.47 Å². The lowest BCUT2D eigenvalue weighted by molar-refractivity contribution is 0.00476. The van der Waals surface area contributed by atoms with Crippen LogP contribution in [0.3, 0.4) is 0 Å². The van der Waals surface area contributed by atoms with Crippen LogP contribution in [0.1, 0.15) is 34.2 Å².